The highest BCUT2D eigenvalue weighted by Gasteiger charge is 2.21. The minimum atomic E-state index is -0.115. The molecule has 1 aromatic carbocycles. The van der Waals surface area contributed by atoms with Gasteiger partial charge in [-0.1, -0.05) is 15.9 Å². The van der Waals surface area contributed by atoms with Crippen LogP contribution in [0.3, 0.4) is 0 Å². The van der Waals surface area contributed by atoms with E-state index in [1.807, 2.05) is 0 Å². The maximum absolute atomic E-state index is 11.7. The van der Waals surface area contributed by atoms with Crippen molar-refractivity contribution in [2.45, 2.75) is 6.04 Å². The van der Waals surface area contributed by atoms with E-state index in [1.165, 1.54) is 0 Å². The second kappa shape index (κ2) is 4.20. The van der Waals surface area contributed by atoms with Crippen LogP contribution in [-0.4, -0.2) is 25.2 Å². The molecule has 0 unspecified atom stereocenters. The van der Waals surface area contributed by atoms with Crippen LogP contribution in [0.25, 0.3) is 0 Å². The Morgan fingerprint density at radius 1 is 1.47 bits per heavy atom. The van der Waals surface area contributed by atoms with Crippen molar-refractivity contribution >= 4 is 27.5 Å². The highest BCUT2D eigenvalue weighted by atomic mass is 79.9. The molecule has 0 saturated carbocycles. The lowest BCUT2D eigenvalue weighted by atomic mass is 10.1. The van der Waals surface area contributed by atoms with Gasteiger partial charge in [0.05, 0.1) is 19.3 Å². The van der Waals surface area contributed by atoms with E-state index in [0.717, 1.165) is 4.47 Å². The first-order valence-electron chi connectivity index (χ1n) is 4.60. The van der Waals surface area contributed by atoms with Crippen LogP contribution < -0.4 is 11.1 Å². The smallest absolute Gasteiger partial charge is 0.251 e. The van der Waals surface area contributed by atoms with E-state index < -0.39 is 0 Å². The SMILES string of the molecule is Nc1cc(Br)cc(C(=O)NC2COC2)c1. The average Bonchev–Trinajstić information content (AvgIpc) is 2.09. The van der Waals surface area contributed by atoms with Gasteiger partial charge in [-0.05, 0) is 18.2 Å². The fraction of sp³-hybridized carbons (Fsp3) is 0.300. The molecule has 1 saturated heterocycles. The van der Waals surface area contributed by atoms with Gasteiger partial charge in [-0.15, -0.1) is 0 Å². The van der Waals surface area contributed by atoms with E-state index >= 15 is 0 Å². The Bertz CT molecular complexity index is 371. The van der Waals surface area contributed by atoms with Crippen LogP contribution in [0.5, 0.6) is 0 Å². The standard InChI is InChI=1S/C10H11BrN2O2/c11-7-1-6(2-8(12)3-7)10(14)13-9-4-15-5-9/h1-3,9H,4-5,12H2,(H,13,14). The summed E-state index contributed by atoms with van der Waals surface area (Å²) in [5.74, 6) is -0.115. The third-order valence-corrected chi connectivity index (χ3v) is 2.61. The number of rotatable bonds is 2. The number of nitrogens with one attached hydrogen (secondary N) is 1. The molecule has 1 heterocycles. The first kappa shape index (κ1) is 10.4. The molecule has 1 aliphatic rings. The molecule has 0 bridgehead atoms. The zero-order valence-corrected chi connectivity index (χ0v) is 9.58. The molecule has 2 rings (SSSR count). The summed E-state index contributed by atoms with van der Waals surface area (Å²) in [5.41, 5.74) is 6.77. The lowest BCUT2D eigenvalue weighted by Crippen LogP contribution is -2.48. The minimum absolute atomic E-state index is 0.115. The van der Waals surface area contributed by atoms with Gasteiger partial charge in [0, 0.05) is 15.7 Å². The van der Waals surface area contributed by atoms with E-state index in [-0.39, 0.29) is 11.9 Å². The summed E-state index contributed by atoms with van der Waals surface area (Å²) in [6, 6.07) is 5.28. The average molecular weight is 271 g/mol. The van der Waals surface area contributed by atoms with Crippen LogP contribution in [0.1, 0.15) is 10.4 Å². The molecule has 0 atom stereocenters. The van der Waals surface area contributed by atoms with Crippen LogP contribution in [0.2, 0.25) is 0 Å². The minimum Gasteiger partial charge on any atom is -0.399 e. The summed E-state index contributed by atoms with van der Waals surface area (Å²) >= 11 is 3.29. The molecule has 5 heteroatoms. The van der Waals surface area contributed by atoms with Gasteiger partial charge in [-0.3, -0.25) is 4.79 Å². The topological polar surface area (TPSA) is 64.4 Å². The number of carbonyl (C=O) groups is 1. The number of carbonyl (C=O) groups excluding carboxylic acids is 1. The fourth-order valence-electron chi connectivity index (χ4n) is 1.33. The van der Waals surface area contributed by atoms with Crippen molar-refractivity contribution < 1.29 is 9.53 Å². The van der Waals surface area contributed by atoms with Gasteiger partial charge in [0.15, 0.2) is 0 Å². The monoisotopic (exact) mass is 270 g/mol. The van der Waals surface area contributed by atoms with Crippen molar-refractivity contribution in [2.75, 3.05) is 18.9 Å². The molecular weight excluding hydrogens is 260 g/mol. The molecule has 15 heavy (non-hydrogen) atoms. The van der Waals surface area contributed by atoms with Crippen molar-refractivity contribution in [2.24, 2.45) is 0 Å². The number of amides is 1. The Kier molecular flexibility index (Phi) is 2.93. The highest BCUT2D eigenvalue weighted by molar-refractivity contribution is 9.10. The molecule has 1 fully saturated rings. The summed E-state index contributed by atoms with van der Waals surface area (Å²) in [4.78, 5) is 11.7. The van der Waals surface area contributed by atoms with Gasteiger partial charge in [0.1, 0.15) is 0 Å². The first-order valence-corrected chi connectivity index (χ1v) is 5.39. The molecule has 1 amide bonds. The second-order valence-electron chi connectivity index (χ2n) is 3.48. The van der Waals surface area contributed by atoms with Gasteiger partial charge in [-0.25, -0.2) is 0 Å². The second-order valence-corrected chi connectivity index (χ2v) is 4.40. The third kappa shape index (κ3) is 2.49. The Morgan fingerprint density at radius 2 is 2.20 bits per heavy atom. The first-order chi connectivity index (χ1) is 7.15. The van der Waals surface area contributed by atoms with Crippen molar-refractivity contribution in [3.05, 3.63) is 28.2 Å². The summed E-state index contributed by atoms with van der Waals surface area (Å²) in [6.07, 6.45) is 0. The molecule has 0 spiro atoms. The van der Waals surface area contributed by atoms with Gasteiger partial charge >= 0.3 is 0 Å². The zero-order valence-electron chi connectivity index (χ0n) is 8.00. The molecule has 1 aromatic rings. The predicted octanol–water partition coefficient (Wildman–Crippen LogP) is 1.16. The Balaban J connectivity index is 2.10. The molecule has 1 aliphatic heterocycles. The number of halogens is 1. The van der Waals surface area contributed by atoms with E-state index in [2.05, 4.69) is 21.2 Å². The number of benzene rings is 1. The number of anilines is 1. The lowest BCUT2D eigenvalue weighted by molar-refractivity contribution is -0.00346. The molecule has 80 valence electrons. The predicted molar refractivity (Wildman–Crippen MR) is 60.6 cm³/mol. The molecule has 4 nitrogen and oxygen atoms in total. The van der Waals surface area contributed by atoms with Crippen molar-refractivity contribution in [1.29, 1.82) is 0 Å². The Hall–Kier alpha value is -1.07. The normalized spacial score (nSPS) is 15.8. The summed E-state index contributed by atoms with van der Waals surface area (Å²) in [5, 5.41) is 2.85. The van der Waals surface area contributed by atoms with Crippen molar-refractivity contribution in [1.82, 2.24) is 5.32 Å². The largest absolute Gasteiger partial charge is 0.399 e. The van der Waals surface area contributed by atoms with Crippen molar-refractivity contribution in [3.63, 3.8) is 0 Å². The molecular formula is C10H11BrN2O2. The Morgan fingerprint density at radius 3 is 2.73 bits per heavy atom. The number of hydrogen-bond donors (Lipinski definition) is 2. The van der Waals surface area contributed by atoms with Gasteiger partial charge in [0.25, 0.3) is 5.91 Å². The summed E-state index contributed by atoms with van der Waals surface area (Å²) in [6.45, 7) is 1.18. The number of ether oxygens (including phenoxy) is 1. The van der Waals surface area contributed by atoms with Crippen LogP contribution in [0, 0.1) is 0 Å². The molecule has 0 aliphatic carbocycles. The number of nitrogens with two attached hydrogens (primary N) is 1. The maximum atomic E-state index is 11.7. The molecule has 3 N–H and O–H groups in total. The molecule has 0 radical (unpaired) electrons. The summed E-state index contributed by atoms with van der Waals surface area (Å²) in [7, 11) is 0. The van der Waals surface area contributed by atoms with Crippen LogP contribution in [0.4, 0.5) is 5.69 Å². The van der Waals surface area contributed by atoms with Crippen LogP contribution in [-0.2, 0) is 4.74 Å². The molecule has 0 aromatic heterocycles. The number of nitrogen functional groups attached to an aromatic ring is 1. The van der Waals surface area contributed by atoms with E-state index in [4.69, 9.17) is 10.5 Å². The lowest BCUT2D eigenvalue weighted by Gasteiger charge is -2.26. The van der Waals surface area contributed by atoms with Crippen LogP contribution in [0.15, 0.2) is 22.7 Å². The van der Waals surface area contributed by atoms with E-state index in [9.17, 15) is 4.79 Å². The highest BCUT2D eigenvalue weighted by Crippen LogP contribution is 2.17. The quantitative estimate of drug-likeness (QED) is 0.793. The third-order valence-electron chi connectivity index (χ3n) is 2.16. The fourth-order valence-corrected chi connectivity index (χ4v) is 1.84. The van der Waals surface area contributed by atoms with Crippen LogP contribution >= 0.6 is 15.9 Å². The van der Waals surface area contributed by atoms with Gasteiger partial charge in [-0.2, -0.15) is 0 Å². The maximum Gasteiger partial charge on any atom is 0.251 e. The van der Waals surface area contributed by atoms with Gasteiger partial charge < -0.3 is 15.8 Å². The van der Waals surface area contributed by atoms with Crippen molar-refractivity contribution in [3.8, 4) is 0 Å². The summed E-state index contributed by atoms with van der Waals surface area (Å²) < 4.78 is 5.77. The Labute approximate surface area is 95.9 Å². The van der Waals surface area contributed by atoms with E-state index in [0.29, 0.717) is 24.5 Å². The van der Waals surface area contributed by atoms with E-state index in [1.54, 1.807) is 18.2 Å². The zero-order chi connectivity index (χ0) is 10.8. The number of hydrogen-bond acceptors (Lipinski definition) is 3. The van der Waals surface area contributed by atoms with Gasteiger partial charge in [0.2, 0.25) is 0 Å².